The van der Waals surface area contributed by atoms with Crippen LogP contribution in [0.4, 0.5) is 0 Å². The molecule has 4 atom stereocenters. The predicted molar refractivity (Wildman–Crippen MR) is 518 cm³/mol. The number of rotatable bonds is 44. The highest BCUT2D eigenvalue weighted by molar-refractivity contribution is 5.94. The summed E-state index contributed by atoms with van der Waals surface area (Å²) in [7, 11) is 0. The van der Waals surface area contributed by atoms with Gasteiger partial charge in [-0.25, -0.2) is 19.2 Å². The fourth-order valence-corrected chi connectivity index (χ4v) is 15.0. The molecule has 0 aliphatic carbocycles. The fourth-order valence-electron chi connectivity index (χ4n) is 15.0. The third-order valence-corrected chi connectivity index (χ3v) is 22.2. The number of carbonyl (C=O) groups is 4. The first-order chi connectivity index (χ1) is 68.0. The summed E-state index contributed by atoms with van der Waals surface area (Å²) in [6.45, 7) is -0.701. The van der Waals surface area contributed by atoms with Gasteiger partial charge in [-0.3, -0.25) is 0 Å². The minimum Gasteiger partial charge on any atom is -0.485 e. The zero-order valence-corrected chi connectivity index (χ0v) is 75.3. The molecule has 1 saturated heterocycles. The smallest absolute Gasteiger partial charge is 0.340 e. The van der Waals surface area contributed by atoms with Crippen molar-refractivity contribution in [1.82, 2.24) is 0 Å². The van der Waals surface area contributed by atoms with Gasteiger partial charge in [0.2, 0.25) is 35.4 Å². The average Bonchev–Trinajstić information content (AvgIpc) is 0.775. The van der Waals surface area contributed by atoms with Gasteiger partial charge in [0.25, 0.3) is 0 Å². The van der Waals surface area contributed by atoms with Crippen LogP contribution in [-0.4, -0.2) is 55.1 Å². The molecule has 0 radical (unpaired) electrons. The van der Waals surface area contributed by atoms with E-state index >= 15 is 19.2 Å². The van der Waals surface area contributed by atoms with Crippen molar-refractivity contribution in [2.45, 2.75) is 104 Å². The van der Waals surface area contributed by atoms with E-state index in [2.05, 4.69) is 0 Å². The van der Waals surface area contributed by atoms with Crippen LogP contribution < -0.4 is 56.8 Å². The molecule has 0 aromatic heterocycles. The quantitative estimate of drug-likeness (QED) is 0.0255. The van der Waals surface area contributed by atoms with Gasteiger partial charge in [0, 0.05) is 0 Å². The Kier molecular flexibility index (Phi) is 32.0. The molecule has 16 aromatic rings. The van der Waals surface area contributed by atoms with Crippen molar-refractivity contribution in [3.05, 3.63) is 502 Å². The molecule has 0 bridgehead atoms. The molecule has 0 amide bonds. The highest BCUT2D eigenvalue weighted by Gasteiger charge is 2.51. The summed E-state index contributed by atoms with van der Waals surface area (Å²) in [4.78, 5) is 65.6. The van der Waals surface area contributed by atoms with Crippen LogP contribution in [0.5, 0.6) is 69.0 Å². The number of hydrogen-bond acceptors (Lipinski definition) is 21. The lowest BCUT2D eigenvalue weighted by molar-refractivity contribution is -0.250. The van der Waals surface area contributed by atoms with Crippen molar-refractivity contribution >= 4 is 23.9 Å². The highest BCUT2D eigenvalue weighted by Crippen LogP contribution is 2.47. The maximum atomic E-state index is 16.6. The Hall–Kier alpha value is -17.0. The first kappa shape index (κ1) is 92.8. The van der Waals surface area contributed by atoms with E-state index in [0.717, 1.165) is 66.8 Å². The molecule has 1 heterocycles. The van der Waals surface area contributed by atoms with Gasteiger partial charge in [-0.05, 0) is 115 Å². The van der Waals surface area contributed by atoms with Crippen molar-refractivity contribution in [2.24, 2.45) is 0 Å². The molecule has 17 rings (SSSR count). The maximum absolute atomic E-state index is 16.6. The van der Waals surface area contributed by atoms with Crippen LogP contribution in [0.3, 0.4) is 0 Å². The van der Waals surface area contributed by atoms with Crippen LogP contribution in [0.2, 0.25) is 0 Å². The van der Waals surface area contributed by atoms with Gasteiger partial charge < -0.3 is 80.5 Å². The molecule has 1 aliphatic rings. The first-order valence-electron chi connectivity index (χ1n) is 45.2. The second-order valence-electron chi connectivity index (χ2n) is 32.3. The third-order valence-electron chi connectivity index (χ3n) is 22.2. The fraction of sp³-hybridized carbons (Fsp3) is 0.145. The van der Waals surface area contributed by atoms with Crippen LogP contribution in [0.1, 0.15) is 108 Å². The molecule has 0 saturated carbocycles. The van der Waals surface area contributed by atoms with Gasteiger partial charge in [-0.2, -0.15) is 0 Å². The first-order valence-corrected chi connectivity index (χ1v) is 45.2. The van der Waals surface area contributed by atoms with Crippen LogP contribution in [0.25, 0.3) is 0 Å². The van der Waals surface area contributed by atoms with Crippen LogP contribution in [0.15, 0.2) is 413 Å². The summed E-state index contributed by atoms with van der Waals surface area (Å²) in [6, 6.07) is 125. The van der Waals surface area contributed by atoms with Gasteiger partial charge in [0.05, 0.1) is 28.9 Å². The monoisotopic (exact) mass is 1840 g/mol. The molecule has 21 nitrogen and oxygen atoms in total. The molecular formula is C117H98O21. The lowest BCUT2D eigenvalue weighted by Gasteiger charge is -2.40. The predicted octanol–water partition coefficient (Wildman–Crippen LogP) is 23.8. The summed E-state index contributed by atoms with van der Waals surface area (Å²) in [5, 5.41) is 0. The van der Waals surface area contributed by atoms with E-state index in [9.17, 15) is 0 Å². The normalized spacial score (nSPS) is 13.6. The van der Waals surface area contributed by atoms with E-state index in [4.69, 9.17) is 80.5 Å². The SMILES string of the molecule is O=C(O[C@H]1OC[C@H](OC(=O)c2cc(OCc3ccccc3)c(OCc3ccccc3)c(OCc3ccccc3)c2)[C@H](OC(=O)c2cc(OCc3ccccc3)c(OCc3ccccc3)c(OCc3ccccc3)c2)[C@H]1OC(=O)c1cc(OCc2ccccc2)c(OCc2ccccc2)c(OCc2ccccc2)c1)c1cc(OCc2ccccc2)c(OCc2ccccc2)c(OCc2ccccc2)c1. The Labute approximate surface area is 800 Å². The number of hydrogen-bond donors (Lipinski definition) is 0. The molecule has 0 unspecified atom stereocenters. The van der Waals surface area contributed by atoms with E-state index in [1.807, 2.05) is 364 Å². The van der Waals surface area contributed by atoms with E-state index in [-0.39, 0.29) is 171 Å². The standard InChI is InChI=1S/C117H98O21/c118-113(94-61-98(122-69-82-37-13-1-14-38-82)107(130-77-90-53-29-9-30-54-90)99(62-94)123-70-83-39-15-2-16-40-83)135-106-81-134-117(138-116(121)97-67-104(128-75-88-49-25-7-26-50-88)110(133-80-93-59-35-12-36-60-93)105(68-97)129-76-89-51-27-8-28-52-89)112(137-115(120)96-65-102(126-73-86-45-21-5-22-46-86)109(132-79-92-57-33-11-34-58-92)103(66-96)127-74-87-47-23-6-24-48-87)111(106)136-114(119)95-63-100(124-71-84-41-17-3-18-42-84)108(131-78-91-55-31-10-32-56-91)101(64-95)125-72-85-43-19-4-20-44-85/h1-68,106,111-112,117H,69-81H2/t106-,111-,112+,117+/m0/s1. The van der Waals surface area contributed by atoms with Crippen molar-refractivity contribution < 1.29 is 99.7 Å². The lowest BCUT2D eigenvalue weighted by atomic mass is 10.0. The topological polar surface area (TPSA) is 225 Å². The summed E-state index contributed by atoms with van der Waals surface area (Å²) in [5.74, 6) is -3.44. The second kappa shape index (κ2) is 47.5. The molecular weight excluding hydrogens is 1740 g/mol. The van der Waals surface area contributed by atoms with Crippen molar-refractivity contribution in [3.63, 3.8) is 0 Å². The van der Waals surface area contributed by atoms with E-state index in [1.165, 1.54) is 48.5 Å². The van der Waals surface area contributed by atoms with Crippen molar-refractivity contribution in [3.8, 4) is 69.0 Å². The van der Waals surface area contributed by atoms with Crippen LogP contribution in [0, 0.1) is 0 Å². The molecule has 138 heavy (non-hydrogen) atoms. The van der Waals surface area contributed by atoms with E-state index < -0.39 is 55.1 Å². The second-order valence-corrected chi connectivity index (χ2v) is 32.3. The summed E-state index contributed by atoms with van der Waals surface area (Å²) in [5.41, 5.74) is 8.64. The van der Waals surface area contributed by atoms with Gasteiger partial charge in [-0.1, -0.05) is 364 Å². The highest BCUT2D eigenvalue weighted by atomic mass is 16.7. The molecule has 0 N–H and O–H groups in total. The van der Waals surface area contributed by atoms with Crippen LogP contribution in [-0.2, 0) is 103 Å². The Morgan fingerprint density at radius 2 is 0.341 bits per heavy atom. The molecule has 21 heteroatoms. The zero-order chi connectivity index (χ0) is 94.1. The molecule has 1 fully saturated rings. The largest absolute Gasteiger partial charge is 0.485 e. The zero-order valence-electron chi connectivity index (χ0n) is 75.3. The molecule has 16 aromatic carbocycles. The summed E-state index contributed by atoms with van der Waals surface area (Å²) < 4.78 is 115. The number of carbonyl (C=O) groups excluding carboxylic acids is 4. The summed E-state index contributed by atoms with van der Waals surface area (Å²) >= 11 is 0. The van der Waals surface area contributed by atoms with Gasteiger partial charge in [0.15, 0.2) is 58.2 Å². The van der Waals surface area contributed by atoms with Crippen molar-refractivity contribution in [1.29, 1.82) is 0 Å². The van der Waals surface area contributed by atoms with E-state index in [0.29, 0.717) is 0 Å². The van der Waals surface area contributed by atoms with Crippen molar-refractivity contribution in [2.75, 3.05) is 6.61 Å². The average molecular weight is 1840 g/mol. The Bertz CT molecular complexity index is 5940. The van der Waals surface area contributed by atoms with Gasteiger partial charge in [0.1, 0.15) is 79.3 Å². The molecule has 1 aliphatic heterocycles. The third kappa shape index (κ3) is 26.1. The minimum absolute atomic E-state index is 0.0000821. The summed E-state index contributed by atoms with van der Waals surface area (Å²) in [6.07, 6.45) is -8.11. The Balaban J connectivity index is 0.827. The molecule has 692 valence electrons. The maximum Gasteiger partial charge on any atom is 0.340 e. The van der Waals surface area contributed by atoms with Crippen LogP contribution >= 0.6 is 0 Å². The van der Waals surface area contributed by atoms with Gasteiger partial charge in [-0.15, -0.1) is 0 Å². The van der Waals surface area contributed by atoms with E-state index in [1.54, 1.807) is 0 Å². The minimum atomic E-state index is -2.15. The van der Waals surface area contributed by atoms with Gasteiger partial charge >= 0.3 is 23.9 Å². The Morgan fingerprint density at radius 1 is 0.188 bits per heavy atom. The number of benzene rings is 16. The Morgan fingerprint density at radius 3 is 0.522 bits per heavy atom. The number of esters is 4. The molecule has 0 spiro atoms. The number of ether oxygens (including phenoxy) is 17. The lowest BCUT2D eigenvalue weighted by Crippen LogP contribution is -2.58.